The molecule has 1 N–H and O–H groups in total. The van der Waals surface area contributed by atoms with E-state index in [-0.39, 0.29) is 5.54 Å². The van der Waals surface area contributed by atoms with E-state index in [1.165, 1.54) is 0 Å². The zero-order valence-corrected chi connectivity index (χ0v) is 8.55. The van der Waals surface area contributed by atoms with Crippen molar-refractivity contribution in [1.82, 2.24) is 10.2 Å². The first kappa shape index (κ1) is 9.96. The number of rotatable bonds is 2. The minimum Gasteiger partial charge on any atom is -0.374 e. The number of nitrogens with zero attached hydrogens (tertiary/aromatic N) is 1. The molecule has 1 unspecified atom stereocenters. The number of ether oxygens (including phenoxy) is 1. The Labute approximate surface area is 75.1 Å². The van der Waals surface area contributed by atoms with Crippen LogP contribution in [0.1, 0.15) is 13.8 Å². The van der Waals surface area contributed by atoms with E-state index in [4.69, 9.17) is 4.74 Å². The van der Waals surface area contributed by atoms with Crippen molar-refractivity contribution in [2.75, 3.05) is 33.8 Å². The van der Waals surface area contributed by atoms with Crippen molar-refractivity contribution >= 4 is 0 Å². The van der Waals surface area contributed by atoms with Gasteiger partial charge in [0.1, 0.15) is 0 Å². The lowest BCUT2D eigenvalue weighted by atomic mass is 9.96. The summed E-state index contributed by atoms with van der Waals surface area (Å²) in [6.45, 7) is 7.28. The van der Waals surface area contributed by atoms with Crippen LogP contribution in [0.5, 0.6) is 0 Å². The molecule has 1 rings (SSSR count). The molecule has 1 aliphatic rings. The van der Waals surface area contributed by atoms with Crippen LogP contribution in [0, 0.1) is 0 Å². The zero-order valence-electron chi connectivity index (χ0n) is 8.55. The molecular formula is C9H20N2O. The highest BCUT2D eigenvalue weighted by Gasteiger charge is 2.31. The number of likely N-dealkylation sites (N-methyl/N-ethyl adjacent to an activating group) is 2. The molecule has 3 heteroatoms. The fraction of sp³-hybridized carbons (Fsp3) is 1.00. The SMILES string of the molecule is CNC(C)(C)C1CN(C)CCO1. The molecule has 3 nitrogen and oxygen atoms in total. The van der Waals surface area contributed by atoms with Gasteiger partial charge in [-0.2, -0.15) is 0 Å². The molecule has 1 saturated heterocycles. The van der Waals surface area contributed by atoms with E-state index in [0.29, 0.717) is 6.10 Å². The maximum Gasteiger partial charge on any atom is 0.0878 e. The van der Waals surface area contributed by atoms with Crippen LogP contribution in [0.25, 0.3) is 0 Å². The van der Waals surface area contributed by atoms with Crippen LogP contribution in [0.4, 0.5) is 0 Å². The van der Waals surface area contributed by atoms with Crippen molar-refractivity contribution in [1.29, 1.82) is 0 Å². The second-order valence-electron chi connectivity index (χ2n) is 4.09. The average Bonchev–Trinajstić information content (AvgIpc) is 2.05. The molecular weight excluding hydrogens is 152 g/mol. The smallest absolute Gasteiger partial charge is 0.0878 e. The van der Waals surface area contributed by atoms with E-state index in [2.05, 4.69) is 31.1 Å². The second kappa shape index (κ2) is 3.73. The standard InChI is InChI=1S/C9H20N2O/c1-9(2,10-3)8-7-11(4)5-6-12-8/h8,10H,5-7H2,1-4H3. The van der Waals surface area contributed by atoms with Gasteiger partial charge in [-0.15, -0.1) is 0 Å². The molecule has 1 fully saturated rings. The van der Waals surface area contributed by atoms with Crippen LogP contribution < -0.4 is 5.32 Å². The fourth-order valence-electron chi connectivity index (χ4n) is 1.38. The third-order valence-corrected chi connectivity index (χ3v) is 2.72. The number of nitrogens with one attached hydrogen (secondary N) is 1. The van der Waals surface area contributed by atoms with Gasteiger partial charge in [-0.3, -0.25) is 0 Å². The van der Waals surface area contributed by atoms with Gasteiger partial charge in [0.25, 0.3) is 0 Å². The van der Waals surface area contributed by atoms with Crippen molar-refractivity contribution in [3.63, 3.8) is 0 Å². The van der Waals surface area contributed by atoms with Crippen LogP contribution in [-0.2, 0) is 4.74 Å². The summed E-state index contributed by atoms with van der Waals surface area (Å²) in [6, 6.07) is 0. The van der Waals surface area contributed by atoms with Crippen molar-refractivity contribution in [2.24, 2.45) is 0 Å². The Kier molecular flexibility index (Phi) is 3.09. The minimum absolute atomic E-state index is 0.0781. The summed E-state index contributed by atoms with van der Waals surface area (Å²) < 4.78 is 5.70. The Morgan fingerprint density at radius 2 is 2.17 bits per heavy atom. The van der Waals surface area contributed by atoms with Gasteiger partial charge in [0.05, 0.1) is 12.7 Å². The topological polar surface area (TPSA) is 24.5 Å². The molecule has 0 aromatic rings. The van der Waals surface area contributed by atoms with Gasteiger partial charge in [-0.25, -0.2) is 0 Å². The third-order valence-electron chi connectivity index (χ3n) is 2.72. The summed E-state index contributed by atoms with van der Waals surface area (Å²) in [5.41, 5.74) is 0.0781. The molecule has 1 aliphatic heterocycles. The third kappa shape index (κ3) is 2.19. The second-order valence-corrected chi connectivity index (χ2v) is 4.09. The first-order valence-corrected chi connectivity index (χ1v) is 4.55. The fourth-order valence-corrected chi connectivity index (χ4v) is 1.38. The Morgan fingerprint density at radius 1 is 1.50 bits per heavy atom. The maximum absolute atomic E-state index is 5.70. The summed E-state index contributed by atoms with van der Waals surface area (Å²) in [6.07, 6.45) is 0.307. The zero-order chi connectivity index (χ0) is 9.19. The van der Waals surface area contributed by atoms with Crippen molar-refractivity contribution < 1.29 is 4.74 Å². The summed E-state index contributed by atoms with van der Waals surface area (Å²) in [5, 5.41) is 3.28. The Bertz CT molecular complexity index is 147. The Morgan fingerprint density at radius 3 is 2.67 bits per heavy atom. The highest BCUT2D eigenvalue weighted by Crippen LogP contribution is 2.16. The van der Waals surface area contributed by atoms with Gasteiger partial charge in [-0.05, 0) is 27.9 Å². The van der Waals surface area contributed by atoms with Gasteiger partial charge in [0.2, 0.25) is 0 Å². The van der Waals surface area contributed by atoms with E-state index < -0.39 is 0 Å². The van der Waals surface area contributed by atoms with Gasteiger partial charge in [0, 0.05) is 18.6 Å². The highest BCUT2D eigenvalue weighted by atomic mass is 16.5. The van der Waals surface area contributed by atoms with E-state index in [0.717, 1.165) is 19.7 Å². The maximum atomic E-state index is 5.70. The summed E-state index contributed by atoms with van der Waals surface area (Å²) in [4.78, 5) is 2.31. The number of hydrogen-bond acceptors (Lipinski definition) is 3. The lowest BCUT2D eigenvalue weighted by molar-refractivity contribution is -0.0589. The molecule has 0 radical (unpaired) electrons. The normalized spacial score (nSPS) is 27.5. The molecule has 0 saturated carbocycles. The lowest BCUT2D eigenvalue weighted by Crippen LogP contribution is -2.56. The monoisotopic (exact) mass is 172 g/mol. The van der Waals surface area contributed by atoms with Crippen LogP contribution in [0.15, 0.2) is 0 Å². The minimum atomic E-state index is 0.0781. The van der Waals surface area contributed by atoms with Crippen LogP contribution in [0.3, 0.4) is 0 Å². The molecule has 72 valence electrons. The molecule has 0 amide bonds. The van der Waals surface area contributed by atoms with E-state index in [1.807, 2.05) is 7.05 Å². The molecule has 12 heavy (non-hydrogen) atoms. The van der Waals surface area contributed by atoms with E-state index in [1.54, 1.807) is 0 Å². The summed E-state index contributed by atoms with van der Waals surface area (Å²) in [5.74, 6) is 0. The van der Waals surface area contributed by atoms with Gasteiger partial charge in [0.15, 0.2) is 0 Å². The highest BCUT2D eigenvalue weighted by molar-refractivity contribution is 4.89. The predicted octanol–water partition coefficient (Wildman–Crippen LogP) is 0.315. The quantitative estimate of drug-likeness (QED) is 0.649. The molecule has 0 bridgehead atoms. The van der Waals surface area contributed by atoms with Crippen molar-refractivity contribution in [3.8, 4) is 0 Å². The van der Waals surface area contributed by atoms with Crippen LogP contribution in [0.2, 0.25) is 0 Å². The number of hydrogen-bond donors (Lipinski definition) is 1. The molecule has 1 atom stereocenters. The molecule has 0 spiro atoms. The lowest BCUT2D eigenvalue weighted by Gasteiger charge is -2.39. The molecule has 0 aromatic carbocycles. The van der Waals surface area contributed by atoms with E-state index >= 15 is 0 Å². The summed E-state index contributed by atoms with van der Waals surface area (Å²) in [7, 11) is 4.12. The van der Waals surface area contributed by atoms with Crippen molar-refractivity contribution in [2.45, 2.75) is 25.5 Å². The largest absolute Gasteiger partial charge is 0.374 e. The summed E-state index contributed by atoms with van der Waals surface area (Å²) >= 11 is 0. The van der Waals surface area contributed by atoms with Gasteiger partial charge in [-0.1, -0.05) is 0 Å². The predicted molar refractivity (Wildman–Crippen MR) is 50.4 cm³/mol. The molecule has 0 aliphatic carbocycles. The van der Waals surface area contributed by atoms with Gasteiger partial charge < -0.3 is 15.0 Å². The first-order valence-electron chi connectivity index (χ1n) is 4.55. The number of morpholine rings is 1. The molecule has 0 aromatic heterocycles. The van der Waals surface area contributed by atoms with E-state index in [9.17, 15) is 0 Å². The molecule has 1 heterocycles. The Balaban J connectivity index is 2.50. The van der Waals surface area contributed by atoms with Crippen LogP contribution >= 0.6 is 0 Å². The van der Waals surface area contributed by atoms with Crippen molar-refractivity contribution in [3.05, 3.63) is 0 Å². The van der Waals surface area contributed by atoms with Crippen LogP contribution in [-0.4, -0.2) is 50.3 Å². The first-order chi connectivity index (χ1) is 5.56. The average molecular weight is 172 g/mol. The van der Waals surface area contributed by atoms with Gasteiger partial charge >= 0.3 is 0 Å². The Hall–Kier alpha value is -0.120.